The maximum Gasteiger partial charge on any atom is 0.252 e. The molecule has 108 valence electrons. The molecular weight excluding hydrogens is 274 g/mol. The van der Waals surface area contributed by atoms with Crippen molar-refractivity contribution in [2.75, 3.05) is 24.3 Å². The van der Waals surface area contributed by atoms with Gasteiger partial charge in [0.05, 0.1) is 5.56 Å². The zero-order chi connectivity index (χ0) is 14.5. The van der Waals surface area contributed by atoms with Gasteiger partial charge in [-0.1, -0.05) is 0 Å². The van der Waals surface area contributed by atoms with Gasteiger partial charge in [-0.3, -0.25) is 9.36 Å². The second-order valence-electron chi connectivity index (χ2n) is 4.38. The lowest BCUT2D eigenvalue weighted by Gasteiger charge is -2.04. The molecule has 0 bridgehead atoms. The van der Waals surface area contributed by atoms with E-state index in [1.54, 1.807) is 24.0 Å². The summed E-state index contributed by atoms with van der Waals surface area (Å²) in [4.78, 5) is 20.5. The molecule has 0 aliphatic rings. The summed E-state index contributed by atoms with van der Waals surface area (Å²) in [6, 6.07) is 1.73. The van der Waals surface area contributed by atoms with E-state index in [0.29, 0.717) is 35.8 Å². The minimum atomic E-state index is -0.120. The van der Waals surface area contributed by atoms with E-state index in [1.165, 1.54) is 0 Å². The molecule has 2 aromatic heterocycles. The molecule has 0 aliphatic heterocycles. The number of nitrogens with one attached hydrogen (secondary N) is 1. The van der Waals surface area contributed by atoms with Gasteiger partial charge in [0, 0.05) is 19.3 Å². The highest BCUT2D eigenvalue weighted by Crippen LogP contribution is 2.16. The number of aryl methyl sites for hydroxylation is 1. The average molecular weight is 293 g/mol. The molecule has 2 rings (SSSR count). The second-order valence-corrected chi connectivity index (χ2v) is 5.37. The minimum Gasteiger partial charge on any atom is -0.369 e. The van der Waals surface area contributed by atoms with Crippen molar-refractivity contribution in [1.29, 1.82) is 0 Å². The lowest BCUT2D eigenvalue weighted by atomic mass is 10.2. The largest absolute Gasteiger partial charge is 0.369 e. The lowest BCUT2D eigenvalue weighted by molar-refractivity contribution is 0.0953. The van der Waals surface area contributed by atoms with Crippen LogP contribution in [0.3, 0.4) is 0 Å². The Hall–Kier alpha value is -1.76. The molecule has 0 aromatic carbocycles. The number of aromatic nitrogens is 3. The first-order chi connectivity index (χ1) is 9.67. The Morgan fingerprint density at radius 3 is 3.05 bits per heavy atom. The van der Waals surface area contributed by atoms with E-state index in [4.69, 9.17) is 5.73 Å². The van der Waals surface area contributed by atoms with Crippen LogP contribution in [0, 0.1) is 0 Å². The van der Waals surface area contributed by atoms with E-state index in [-0.39, 0.29) is 5.91 Å². The predicted molar refractivity (Wildman–Crippen MR) is 82.9 cm³/mol. The van der Waals surface area contributed by atoms with E-state index < -0.39 is 0 Å². The Morgan fingerprint density at radius 1 is 1.55 bits per heavy atom. The first-order valence-corrected chi connectivity index (χ1v) is 7.95. The minimum absolute atomic E-state index is 0.120. The van der Waals surface area contributed by atoms with Crippen LogP contribution in [0.2, 0.25) is 0 Å². The topological polar surface area (TPSA) is 85.8 Å². The standard InChI is InChI=1S/C13H19N5OS/c1-3-18-11-10(17-13(18)14)7-9(8-16-11)12(19)15-5-4-6-20-2/h7-8H,3-6H2,1-2H3,(H2,14,17)(H,15,19). The molecule has 0 unspecified atom stereocenters. The first-order valence-electron chi connectivity index (χ1n) is 6.56. The molecule has 0 saturated heterocycles. The first kappa shape index (κ1) is 14.6. The number of fused-ring (bicyclic) bond motifs is 1. The smallest absolute Gasteiger partial charge is 0.252 e. The van der Waals surface area contributed by atoms with Crippen LogP contribution in [0.25, 0.3) is 11.2 Å². The van der Waals surface area contributed by atoms with Crippen molar-refractivity contribution in [2.24, 2.45) is 0 Å². The van der Waals surface area contributed by atoms with Gasteiger partial charge in [-0.15, -0.1) is 0 Å². The third-order valence-corrected chi connectivity index (χ3v) is 3.70. The number of nitrogen functional groups attached to an aromatic ring is 1. The molecular formula is C13H19N5OS. The summed E-state index contributed by atoms with van der Waals surface area (Å²) >= 11 is 1.77. The van der Waals surface area contributed by atoms with Crippen molar-refractivity contribution >= 4 is 34.8 Å². The van der Waals surface area contributed by atoms with Crippen molar-refractivity contribution in [2.45, 2.75) is 19.9 Å². The van der Waals surface area contributed by atoms with Gasteiger partial charge >= 0.3 is 0 Å². The van der Waals surface area contributed by atoms with Gasteiger partial charge in [0.2, 0.25) is 5.95 Å². The quantitative estimate of drug-likeness (QED) is 0.789. The molecule has 3 N–H and O–H groups in total. The Balaban J connectivity index is 2.13. The third kappa shape index (κ3) is 3.04. The molecule has 0 fully saturated rings. The highest BCUT2D eigenvalue weighted by atomic mass is 32.2. The predicted octanol–water partition coefficient (Wildman–Crippen LogP) is 1.52. The number of nitrogens with zero attached hydrogens (tertiary/aromatic N) is 3. The third-order valence-electron chi connectivity index (χ3n) is 3.00. The summed E-state index contributed by atoms with van der Waals surface area (Å²) in [6.07, 6.45) is 4.58. The van der Waals surface area contributed by atoms with E-state index in [2.05, 4.69) is 15.3 Å². The molecule has 0 spiro atoms. The van der Waals surface area contributed by atoms with Gasteiger partial charge in [-0.25, -0.2) is 9.97 Å². The van der Waals surface area contributed by atoms with Crippen LogP contribution in [0.15, 0.2) is 12.3 Å². The van der Waals surface area contributed by atoms with E-state index >= 15 is 0 Å². The number of rotatable bonds is 6. The van der Waals surface area contributed by atoms with Crippen molar-refractivity contribution in [3.8, 4) is 0 Å². The Bertz CT molecular complexity index is 610. The number of nitrogens with two attached hydrogens (primary N) is 1. The van der Waals surface area contributed by atoms with Gasteiger partial charge in [0.25, 0.3) is 5.91 Å². The molecule has 6 nitrogen and oxygen atoms in total. The molecule has 0 radical (unpaired) electrons. The number of amides is 1. The summed E-state index contributed by atoms with van der Waals surface area (Å²) < 4.78 is 1.81. The van der Waals surface area contributed by atoms with Crippen molar-refractivity contribution in [3.05, 3.63) is 17.8 Å². The highest BCUT2D eigenvalue weighted by molar-refractivity contribution is 7.98. The normalized spacial score (nSPS) is 10.9. The Kier molecular flexibility index (Phi) is 4.84. The van der Waals surface area contributed by atoms with Crippen LogP contribution >= 0.6 is 11.8 Å². The van der Waals surface area contributed by atoms with Crippen LogP contribution in [0.1, 0.15) is 23.7 Å². The van der Waals surface area contributed by atoms with Gasteiger partial charge in [0.15, 0.2) is 5.65 Å². The average Bonchev–Trinajstić information content (AvgIpc) is 2.77. The van der Waals surface area contributed by atoms with Crippen molar-refractivity contribution in [1.82, 2.24) is 19.9 Å². The Morgan fingerprint density at radius 2 is 2.35 bits per heavy atom. The van der Waals surface area contributed by atoms with Crippen molar-refractivity contribution in [3.63, 3.8) is 0 Å². The molecule has 0 saturated carbocycles. The lowest BCUT2D eigenvalue weighted by Crippen LogP contribution is -2.24. The van der Waals surface area contributed by atoms with Crippen LogP contribution in [-0.4, -0.2) is 39.0 Å². The summed E-state index contributed by atoms with van der Waals surface area (Å²) in [5.41, 5.74) is 7.69. The van der Waals surface area contributed by atoms with E-state index in [9.17, 15) is 4.79 Å². The summed E-state index contributed by atoms with van der Waals surface area (Å²) in [7, 11) is 0. The molecule has 7 heteroatoms. The number of hydrogen-bond donors (Lipinski definition) is 2. The number of thioether (sulfide) groups is 1. The van der Waals surface area contributed by atoms with Crippen LogP contribution in [0.5, 0.6) is 0 Å². The van der Waals surface area contributed by atoms with Crippen molar-refractivity contribution < 1.29 is 4.79 Å². The van der Waals surface area contributed by atoms with E-state index in [0.717, 1.165) is 12.2 Å². The molecule has 2 aromatic rings. The number of pyridine rings is 1. The van der Waals surface area contributed by atoms with Crippen LogP contribution in [0.4, 0.5) is 5.95 Å². The van der Waals surface area contributed by atoms with Crippen LogP contribution in [-0.2, 0) is 6.54 Å². The molecule has 0 atom stereocenters. The van der Waals surface area contributed by atoms with Gasteiger partial charge < -0.3 is 11.1 Å². The molecule has 20 heavy (non-hydrogen) atoms. The SMILES string of the molecule is CCn1c(N)nc2cc(C(=O)NCCCSC)cnc21. The number of hydrogen-bond acceptors (Lipinski definition) is 5. The second kappa shape index (κ2) is 6.60. The van der Waals surface area contributed by atoms with E-state index in [1.807, 2.05) is 17.7 Å². The number of carbonyl (C=O) groups excluding carboxylic acids is 1. The maximum atomic E-state index is 12.0. The fourth-order valence-corrected chi connectivity index (χ4v) is 2.42. The number of carbonyl (C=O) groups is 1. The summed E-state index contributed by atoms with van der Waals surface area (Å²) in [6.45, 7) is 3.35. The monoisotopic (exact) mass is 293 g/mol. The zero-order valence-electron chi connectivity index (χ0n) is 11.7. The van der Waals surface area contributed by atoms with Gasteiger partial charge in [-0.05, 0) is 31.4 Å². The van der Waals surface area contributed by atoms with Crippen LogP contribution < -0.4 is 11.1 Å². The fourth-order valence-electron chi connectivity index (χ4n) is 1.98. The summed E-state index contributed by atoms with van der Waals surface area (Å²) in [5, 5.41) is 2.88. The van der Waals surface area contributed by atoms with Gasteiger partial charge in [-0.2, -0.15) is 11.8 Å². The number of anilines is 1. The molecule has 1 amide bonds. The maximum absolute atomic E-state index is 12.0. The van der Waals surface area contributed by atoms with Gasteiger partial charge in [0.1, 0.15) is 5.52 Å². The highest BCUT2D eigenvalue weighted by Gasteiger charge is 2.12. The fraction of sp³-hybridized carbons (Fsp3) is 0.462. The summed E-state index contributed by atoms with van der Waals surface area (Å²) in [5.74, 6) is 1.34. The zero-order valence-corrected chi connectivity index (χ0v) is 12.5. The molecule has 0 aliphatic carbocycles. The molecule has 2 heterocycles. The Labute approximate surface area is 122 Å². The number of imidazole rings is 1.